The highest BCUT2D eigenvalue weighted by molar-refractivity contribution is 5.85. The van der Waals surface area contributed by atoms with Crippen molar-refractivity contribution in [3.05, 3.63) is 29.1 Å². The number of aromatic nitrogens is 1. The Hall–Kier alpha value is -0.520. The van der Waals surface area contributed by atoms with Gasteiger partial charge in [-0.1, -0.05) is 6.07 Å². The predicted molar refractivity (Wildman–Crippen MR) is 59.0 cm³/mol. The summed E-state index contributed by atoms with van der Waals surface area (Å²) < 4.78 is 36.8. The molecule has 1 aromatic heterocycles. The molecular weight excluding hydrogens is 264 g/mol. The lowest BCUT2D eigenvalue weighted by Crippen LogP contribution is -2.10. The number of halogens is 5. The van der Waals surface area contributed by atoms with E-state index in [9.17, 15) is 13.2 Å². The fraction of sp³-hybridized carbons (Fsp3) is 0.444. The highest BCUT2D eigenvalue weighted by atomic mass is 35.5. The van der Waals surface area contributed by atoms with Gasteiger partial charge in [0.1, 0.15) is 5.69 Å². The van der Waals surface area contributed by atoms with Gasteiger partial charge in [0.2, 0.25) is 0 Å². The molecule has 0 amide bonds. The quantitative estimate of drug-likeness (QED) is 0.790. The molecule has 0 aliphatic heterocycles. The van der Waals surface area contributed by atoms with E-state index in [1.165, 1.54) is 6.07 Å². The molecule has 2 nitrogen and oxygen atoms in total. The second kappa shape index (κ2) is 5.21. The third kappa shape index (κ3) is 2.78. The molecule has 2 rings (SSSR count). The van der Waals surface area contributed by atoms with Gasteiger partial charge < -0.3 is 5.73 Å². The van der Waals surface area contributed by atoms with Gasteiger partial charge in [-0.3, -0.25) is 0 Å². The third-order valence-electron chi connectivity index (χ3n) is 2.39. The Morgan fingerprint density at radius 1 is 1.25 bits per heavy atom. The van der Waals surface area contributed by atoms with Gasteiger partial charge in [-0.25, -0.2) is 4.98 Å². The molecule has 0 radical (unpaired) electrons. The van der Waals surface area contributed by atoms with Crippen LogP contribution in [0.3, 0.4) is 0 Å². The molecule has 0 fully saturated rings. The van der Waals surface area contributed by atoms with Crippen molar-refractivity contribution < 1.29 is 13.2 Å². The molecule has 0 saturated carbocycles. The smallest absolute Gasteiger partial charge is 0.324 e. The van der Waals surface area contributed by atoms with Crippen molar-refractivity contribution in [3.8, 4) is 0 Å². The summed E-state index contributed by atoms with van der Waals surface area (Å²) in [5.41, 5.74) is 6.10. The Morgan fingerprint density at radius 3 is 2.44 bits per heavy atom. The van der Waals surface area contributed by atoms with Crippen molar-refractivity contribution in [1.29, 1.82) is 0 Å². The van der Waals surface area contributed by atoms with Crippen molar-refractivity contribution in [2.45, 2.75) is 25.1 Å². The highest BCUT2D eigenvalue weighted by Gasteiger charge is 2.34. The van der Waals surface area contributed by atoms with E-state index in [1.807, 2.05) is 0 Å². The van der Waals surface area contributed by atoms with E-state index in [1.54, 1.807) is 0 Å². The molecule has 1 aliphatic rings. The first-order valence-electron chi connectivity index (χ1n) is 4.31. The van der Waals surface area contributed by atoms with Crippen molar-refractivity contribution in [3.63, 3.8) is 0 Å². The molecule has 2 N–H and O–H groups in total. The van der Waals surface area contributed by atoms with E-state index in [0.29, 0.717) is 18.5 Å². The number of pyridine rings is 1. The summed E-state index contributed by atoms with van der Waals surface area (Å²) in [6.45, 7) is 0. The molecule has 1 aliphatic carbocycles. The zero-order chi connectivity index (χ0) is 10.3. The molecule has 16 heavy (non-hydrogen) atoms. The molecule has 0 bridgehead atoms. The molecule has 1 heterocycles. The third-order valence-corrected chi connectivity index (χ3v) is 2.39. The molecule has 1 atom stereocenters. The largest absolute Gasteiger partial charge is 0.433 e. The number of fused-ring (bicyclic) bond motifs is 1. The molecule has 0 saturated heterocycles. The molecule has 1 aromatic rings. The second-order valence-corrected chi connectivity index (χ2v) is 3.38. The molecule has 92 valence electrons. The van der Waals surface area contributed by atoms with Crippen LogP contribution < -0.4 is 5.73 Å². The predicted octanol–water partition coefficient (Wildman–Crippen LogP) is 2.89. The van der Waals surface area contributed by atoms with E-state index in [-0.39, 0.29) is 30.9 Å². The van der Waals surface area contributed by atoms with Crippen molar-refractivity contribution in [2.75, 3.05) is 0 Å². The minimum absolute atomic E-state index is 0. The minimum Gasteiger partial charge on any atom is -0.324 e. The fourth-order valence-corrected chi connectivity index (χ4v) is 1.66. The SMILES string of the molecule is Cl.Cl.NC1CCc2nc(C(F)(F)F)ccc21. The Kier molecular flexibility index (Phi) is 5.04. The number of alkyl halides is 3. The van der Waals surface area contributed by atoms with Gasteiger partial charge in [0.25, 0.3) is 0 Å². The van der Waals surface area contributed by atoms with E-state index >= 15 is 0 Å². The van der Waals surface area contributed by atoms with E-state index < -0.39 is 11.9 Å². The van der Waals surface area contributed by atoms with Gasteiger partial charge in [-0.05, 0) is 24.5 Å². The summed E-state index contributed by atoms with van der Waals surface area (Å²) in [7, 11) is 0. The first-order valence-corrected chi connectivity index (χ1v) is 4.31. The van der Waals surface area contributed by atoms with Gasteiger partial charge in [0.15, 0.2) is 0 Å². The normalized spacial score (nSPS) is 18.4. The lowest BCUT2D eigenvalue weighted by molar-refractivity contribution is -0.141. The molecule has 0 aromatic carbocycles. The van der Waals surface area contributed by atoms with Crippen LogP contribution >= 0.6 is 24.8 Å². The van der Waals surface area contributed by atoms with Gasteiger partial charge >= 0.3 is 6.18 Å². The van der Waals surface area contributed by atoms with Crippen molar-refractivity contribution >= 4 is 24.8 Å². The zero-order valence-corrected chi connectivity index (χ0v) is 9.75. The van der Waals surface area contributed by atoms with Crippen LogP contribution in [-0.2, 0) is 12.6 Å². The molecular formula is C9H11Cl2F3N2. The van der Waals surface area contributed by atoms with Gasteiger partial charge in [-0.2, -0.15) is 13.2 Å². The molecule has 7 heteroatoms. The molecule has 0 spiro atoms. The monoisotopic (exact) mass is 274 g/mol. The minimum atomic E-state index is -4.36. The van der Waals surface area contributed by atoms with Crippen molar-refractivity contribution in [2.24, 2.45) is 5.73 Å². The van der Waals surface area contributed by atoms with Gasteiger partial charge in [0.05, 0.1) is 0 Å². The van der Waals surface area contributed by atoms with Crippen LogP contribution in [0.4, 0.5) is 13.2 Å². The summed E-state index contributed by atoms with van der Waals surface area (Å²) in [5, 5.41) is 0. The number of aryl methyl sites for hydroxylation is 1. The van der Waals surface area contributed by atoms with Gasteiger partial charge in [-0.15, -0.1) is 24.8 Å². The average Bonchev–Trinajstić information content (AvgIpc) is 2.46. The Labute approximate surface area is 103 Å². The van der Waals surface area contributed by atoms with Crippen LogP contribution in [0.5, 0.6) is 0 Å². The molecule has 1 unspecified atom stereocenters. The lowest BCUT2D eigenvalue weighted by Gasteiger charge is -2.08. The number of rotatable bonds is 0. The Bertz CT molecular complexity index is 368. The number of nitrogens with two attached hydrogens (primary N) is 1. The number of nitrogens with zero attached hydrogens (tertiary/aromatic N) is 1. The number of hydrogen-bond donors (Lipinski definition) is 1. The van der Waals surface area contributed by atoms with Crippen LogP contribution in [0.2, 0.25) is 0 Å². The Balaban J connectivity index is 0.00000112. The van der Waals surface area contributed by atoms with Crippen LogP contribution in [0.25, 0.3) is 0 Å². The first kappa shape index (κ1) is 15.5. The average molecular weight is 275 g/mol. The van der Waals surface area contributed by atoms with Crippen LogP contribution in [0.1, 0.15) is 29.4 Å². The summed E-state index contributed by atoms with van der Waals surface area (Å²) in [6.07, 6.45) is -3.13. The van der Waals surface area contributed by atoms with Crippen LogP contribution in [-0.4, -0.2) is 4.98 Å². The maximum Gasteiger partial charge on any atom is 0.433 e. The maximum atomic E-state index is 12.3. The summed E-state index contributed by atoms with van der Waals surface area (Å²) in [4.78, 5) is 3.57. The summed E-state index contributed by atoms with van der Waals surface area (Å²) in [6, 6.07) is 2.27. The summed E-state index contributed by atoms with van der Waals surface area (Å²) in [5.74, 6) is 0. The topological polar surface area (TPSA) is 38.9 Å². The van der Waals surface area contributed by atoms with Gasteiger partial charge in [0, 0.05) is 11.7 Å². The second-order valence-electron chi connectivity index (χ2n) is 3.38. The number of hydrogen-bond acceptors (Lipinski definition) is 2. The first-order chi connectivity index (χ1) is 6.48. The van der Waals surface area contributed by atoms with Crippen LogP contribution in [0.15, 0.2) is 12.1 Å². The maximum absolute atomic E-state index is 12.3. The summed E-state index contributed by atoms with van der Waals surface area (Å²) >= 11 is 0. The van der Waals surface area contributed by atoms with E-state index in [2.05, 4.69) is 4.98 Å². The fourth-order valence-electron chi connectivity index (χ4n) is 1.66. The Morgan fingerprint density at radius 2 is 1.88 bits per heavy atom. The van der Waals surface area contributed by atoms with Crippen molar-refractivity contribution in [1.82, 2.24) is 4.98 Å². The van der Waals surface area contributed by atoms with Crippen LogP contribution in [0, 0.1) is 0 Å². The van der Waals surface area contributed by atoms with E-state index in [0.717, 1.165) is 11.6 Å². The van der Waals surface area contributed by atoms with E-state index in [4.69, 9.17) is 5.73 Å². The zero-order valence-electron chi connectivity index (χ0n) is 8.12. The lowest BCUT2D eigenvalue weighted by atomic mass is 10.1. The standard InChI is InChI=1S/C9H9F3N2.2ClH/c10-9(11,12)8-4-1-5-6(13)2-3-7(5)14-8;;/h1,4,6H,2-3,13H2;2*1H. The highest BCUT2D eigenvalue weighted by Crippen LogP contribution is 2.33.